The van der Waals surface area contributed by atoms with Crippen molar-refractivity contribution in [3.8, 4) is 0 Å². The van der Waals surface area contributed by atoms with E-state index in [9.17, 15) is 0 Å². The zero-order chi connectivity index (χ0) is 14.8. The monoisotopic (exact) mass is 402 g/mol. The first kappa shape index (κ1) is 18.2. The zero-order valence-electron chi connectivity index (χ0n) is 12.9. The molecule has 20 heavy (non-hydrogen) atoms. The maximum absolute atomic E-state index is 3.77. The van der Waals surface area contributed by atoms with Crippen molar-refractivity contribution in [3.63, 3.8) is 0 Å². The fraction of sp³-hybridized carbons (Fsp3) is 0.667. The van der Waals surface area contributed by atoms with Crippen LogP contribution < -0.4 is 0 Å². The Labute approximate surface area is 142 Å². The summed E-state index contributed by atoms with van der Waals surface area (Å²) in [6.07, 6.45) is 9.96. The van der Waals surface area contributed by atoms with Crippen molar-refractivity contribution < 1.29 is 0 Å². The average molecular weight is 404 g/mol. The molecule has 0 nitrogen and oxygen atoms in total. The minimum absolute atomic E-state index is 0.674. The lowest BCUT2D eigenvalue weighted by atomic mass is 10.0. The Morgan fingerprint density at radius 1 is 0.800 bits per heavy atom. The van der Waals surface area contributed by atoms with E-state index in [-0.39, 0.29) is 0 Å². The minimum Gasteiger partial charge on any atom is -0.0891 e. The molecule has 1 rings (SSSR count). The smallest absolute Gasteiger partial charge is 0.0148 e. The molecule has 0 spiro atoms. The highest BCUT2D eigenvalue weighted by molar-refractivity contribution is 9.09. The summed E-state index contributed by atoms with van der Waals surface area (Å²) in [5.74, 6) is 0. The van der Waals surface area contributed by atoms with Gasteiger partial charge in [0.1, 0.15) is 0 Å². The Hall–Kier alpha value is 0.180. The SMILES string of the molecule is CCCC(Br)CCc1cccc(CCC(Br)CCC)c1. The van der Waals surface area contributed by atoms with Crippen LogP contribution in [0.5, 0.6) is 0 Å². The Morgan fingerprint density at radius 3 is 1.65 bits per heavy atom. The first-order valence-electron chi connectivity index (χ1n) is 8.01. The standard InChI is InChI=1S/C18H28Br2/c1-3-6-17(19)12-10-15-8-5-9-16(14-15)11-13-18(20)7-4-2/h5,8-9,14,17-18H,3-4,6-7,10-13H2,1-2H3. The molecule has 0 aromatic heterocycles. The molecule has 1 aromatic carbocycles. The van der Waals surface area contributed by atoms with E-state index < -0.39 is 0 Å². The van der Waals surface area contributed by atoms with Gasteiger partial charge in [0.05, 0.1) is 0 Å². The maximum atomic E-state index is 3.77. The average Bonchev–Trinajstić information content (AvgIpc) is 2.44. The number of hydrogen-bond acceptors (Lipinski definition) is 0. The number of alkyl halides is 2. The van der Waals surface area contributed by atoms with Crippen molar-refractivity contribution in [1.82, 2.24) is 0 Å². The molecule has 0 N–H and O–H groups in total. The molecule has 0 aliphatic carbocycles. The van der Waals surface area contributed by atoms with Crippen LogP contribution in [0.1, 0.15) is 63.5 Å². The van der Waals surface area contributed by atoms with Crippen molar-refractivity contribution in [2.24, 2.45) is 0 Å². The van der Waals surface area contributed by atoms with Crippen LogP contribution in [0.15, 0.2) is 24.3 Å². The molecule has 0 amide bonds. The number of halogens is 2. The molecule has 0 heterocycles. The van der Waals surface area contributed by atoms with E-state index in [0.717, 1.165) is 0 Å². The van der Waals surface area contributed by atoms with Gasteiger partial charge in [0.25, 0.3) is 0 Å². The summed E-state index contributed by atoms with van der Waals surface area (Å²) >= 11 is 7.55. The third kappa shape index (κ3) is 7.83. The van der Waals surface area contributed by atoms with Crippen LogP contribution >= 0.6 is 31.9 Å². The third-order valence-corrected chi connectivity index (χ3v) is 5.52. The fourth-order valence-electron chi connectivity index (χ4n) is 2.50. The van der Waals surface area contributed by atoms with Crippen molar-refractivity contribution >= 4 is 31.9 Å². The van der Waals surface area contributed by atoms with E-state index in [0.29, 0.717) is 9.65 Å². The molecule has 1 aromatic rings. The normalized spacial score (nSPS) is 14.2. The fourth-order valence-corrected chi connectivity index (χ4v) is 3.88. The maximum Gasteiger partial charge on any atom is 0.0148 e. The van der Waals surface area contributed by atoms with Gasteiger partial charge in [-0.15, -0.1) is 0 Å². The van der Waals surface area contributed by atoms with Crippen molar-refractivity contribution in [2.45, 2.75) is 74.9 Å². The van der Waals surface area contributed by atoms with Gasteiger partial charge in [0.15, 0.2) is 0 Å². The predicted molar refractivity (Wildman–Crippen MR) is 98.3 cm³/mol. The quantitative estimate of drug-likeness (QED) is 0.382. The second-order valence-electron chi connectivity index (χ2n) is 5.67. The van der Waals surface area contributed by atoms with E-state index >= 15 is 0 Å². The lowest BCUT2D eigenvalue weighted by molar-refractivity contribution is 0.687. The van der Waals surface area contributed by atoms with Crippen LogP contribution in [-0.2, 0) is 12.8 Å². The minimum atomic E-state index is 0.674. The van der Waals surface area contributed by atoms with Gasteiger partial charge in [-0.1, -0.05) is 82.8 Å². The molecular weight excluding hydrogens is 376 g/mol. The van der Waals surface area contributed by atoms with Crippen LogP contribution in [0, 0.1) is 0 Å². The molecule has 0 saturated heterocycles. The summed E-state index contributed by atoms with van der Waals surface area (Å²) in [6.45, 7) is 4.50. The van der Waals surface area contributed by atoms with E-state index in [1.54, 1.807) is 0 Å². The van der Waals surface area contributed by atoms with Crippen LogP contribution in [0.25, 0.3) is 0 Å². The highest BCUT2D eigenvalue weighted by Gasteiger charge is 2.06. The second kappa shape index (κ2) is 10.8. The summed E-state index contributed by atoms with van der Waals surface area (Å²) < 4.78 is 0. The molecule has 2 heteroatoms. The number of rotatable bonds is 10. The predicted octanol–water partition coefficient (Wildman–Crippen LogP) is 6.68. The summed E-state index contributed by atoms with van der Waals surface area (Å²) in [6, 6.07) is 9.16. The van der Waals surface area contributed by atoms with Crippen LogP contribution in [0.4, 0.5) is 0 Å². The Morgan fingerprint density at radius 2 is 1.25 bits per heavy atom. The van der Waals surface area contributed by atoms with Crippen molar-refractivity contribution in [1.29, 1.82) is 0 Å². The lowest BCUT2D eigenvalue weighted by Crippen LogP contribution is -2.01. The molecular formula is C18H28Br2. The highest BCUT2D eigenvalue weighted by Crippen LogP contribution is 2.19. The number of benzene rings is 1. The largest absolute Gasteiger partial charge is 0.0891 e. The van der Waals surface area contributed by atoms with Gasteiger partial charge in [-0.25, -0.2) is 0 Å². The molecule has 0 bridgehead atoms. The molecule has 114 valence electrons. The lowest BCUT2D eigenvalue weighted by Gasteiger charge is -2.11. The Balaban J connectivity index is 2.41. The molecule has 0 aliphatic heterocycles. The zero-order valence-corrected chi connectivity index (χ0v) is 16.0. The Kier molecular flexibility index (Phi) is 9.88. The highest BCUT2D eigenvalue weighted by atomic mass is 79.9. The van der Waals surface area contributed by atoms with Crippen molar-refractivity contribution in [3.05, 3.63) is 35.4 Å². The first-order chi connectivity index (χ1) is 9.65. The van der Waals surface area contributed by atoms with Gasteiger partial charge < -0.3 is 0 Å². The molecule has 0 aliphatic rings. The Bertz CT molecular complexity index is 331. The third-order valence-electron chi connectivity index (χ3n) is 3.69. The summed E-state index contributed by atoms with van der Waals surface area (Å²) in [4.78, 5) is 1.35. The molecule has 0 fully saturated rings. The van der Waals surface area contributed by atoms with Crippen LogP contribution in [0.2, 0.25) is 0 Å². The van der Waals surface area contributed by atoms with Gasteiger partial charge in [-0.2, -0.15) is 0 Å². The van der Waals surface area contributed by atoms with Gasteiger partial charge in [0.2, 0.25) is 0 Å². The molecule has 0 radical (unpaired) electrons. The molecule has 0 saturated carbocycles. The number of hydrogen-bond donors (Lipinski definition) is 0. The second-order valence-corrected chi connectivity index (χ2v) is 8.26. The van der Waals surface area contributed by atoms with Gasteiger partial charge in [0, 0.05) is 9.65 Å². The van der Waals surface area contributed by atoms with Crippen LogP contribution in [-0.4, -0.2) is 9.65 Å². The van der Waals surface area contributed by atoms with Crippen LogP contribution in [0.3, 0.4) is 0 Å². The summed E-state index contributed by atoms with van der Waals surface area (Å²) in [7, 11) is 0. The molecule has 2 atom stereocenters. The van der Waals surface area contributed by atoms with E-state index in [1.807, 2.05) is 0 Å². The van der Waals surface area contributed by atoms with E-state index in [1.165, 1.54) is 62.5 Å². The first-order valence-corrected chi connectivity index (χ1v) is 9.84. The summed E-state index contributed by atoms with van der Waals surface area (Å²) in [5, 5.41) is 0. The van der Waals surface area contributed by atoms with Gasteiger partial charge in [-0.3, -0.25) is 0 Å². The topological polar surface area (TPSA) is 0 Å². The molecule has 2 unspecified atom stereocenters. The number of aryl methyl sites for hydroxylation is 2. The van der Waals surface area contributed by atoms with E-state index in [4.69, 9.17) is 0 Å². The van der Waals surface area contributed by atoms with Crippen molar-refractivity contribution in [2.75, 3.05) is 0 Å². The van der Waals surface area contributed by atoms with Gasteiger partial charge in [-0.05, 0) is 49.7 Å². The van der Waals surface area contributed by atoms with Gasteiger partial charge >= 0.3 is 0 Å². The summed E-state index contributed by atoms with van der Waals surface area (Å²) in [5.41, 5.74) is 2.98. The van der Waals surface area contributed by atoms with E-state index in [2.05, 4.69) is 70.0 Å².